The summed E-state index contributed by atoms with van der Waals surface area (Å²) in [5.41, 5.74) is 1.92. The maximum atomic E-state index is 13.3. The van der Waals surface area contributed by atoms with E-state index in [4.69, 9.17) is 4.74 Å². The lowest BCUT2D eigenvalue weighted by Gasteiger charge is -2.30. The van der Waals surface area contributed by atoms with Gasteiger partial charge in [-0.3, -0.25) is 9.69 Å². The average molecular weight is 460 g/mol. The fraction of sp³-hybridized carbons (Fsp3) is 0.240. The van der Waals surface area contributed by atoms with Gasteiger partial charge in [-0.05, 0) is 29.1 Å². The van der Waals surface area contributed by atoms with Gasteiger partial charge in [0.15, 0.2) is 5.82 Å². The van der Waals surface area contributed by atoms with Gasteiger partial charge in [-0.15, -0.1) is 16.4 Å². The smallest absolute Gasteiger partial charge is 0.291 e. The van der Waals surface area contributed by atoms with Gasteiger partial charge in [0, 0.05) is 19.6 Å². The van der Waals surface area contributed by atoms with Crippen LogP contribution in [0.5, 0.6) is 0 Å². The molecule has 168 valence electrons. The molecule has 1 unspecified atom stereocenters. The summed E-state index contributed by atoms with van der Waals surface area (Å²) in [6, 6.07) is 23.6. The summed E-state index contributed by atoms with van der Waals surface area (Å²) in [6.45, 7) is 3.83. The molecule has 1 saturated heterocycles. The van der Waals surface area contributed by atoms with Gasteiger partial charge in [0.1, 0.15) is 0 Å². The van der Waals surface area contributed by atoms with E-state index in [1.165, 1.54) is 0 Å². The number of nitrogens with zero attached hydrogens (tertiary/aromatic N) is 4. The lowest BCUT2D eigenvalue weighted by atomic mass is 10.1. The van der Waals surface area contributed by atoms with Gasteiger partial charge in [0.2, 0.25) is 5.82 Å². The lowest BCUT2D eigenvalue weighted by Crippen LogP contribution is -2.43. The average Bonchev–Trinajstić information content (AvgIpc) is 3.56. The van der Waals surface area contributed by atoms with E-state index < -0.39 is 0 Å². The van der Waals surface area contributed by atoms with Crippen LogP contribution < -0.4 is 5.32 Å². The number of ether oxygens (including phenoxy) is 1. The molecule has 5 rings (SSSR count). The van der Waals surface area contributed by atoms with Crippen LogP contribution in [0.3, 0.4) is 0 Å². The second-order valence-electron chi connectivity index (χ2n) is 7.83. The number of amides is 1. The Bertz CT molecular complexity index is 1170. The van der Waals surface area contributed by atoms with Crippen molar-refractivity contribution in [3.8, 4) is 16.4 Å². The van der Waals surface area contributed by atoms with Crippen molar-refractivity contribution in [2.45, 2.75) is 6.04 Å². The molecule has 2 aromatic heterocycles. The Kier molecular flexibility index (Phi) is 6.57. The van der Waals surface area contributed by atoms with Crippen LogP contribution in [0.15, 0.2) is 78.2 Å². The van der Waals surface area contributed by atoms with Crippen LogP contribution in [0.4, 0.5) is 0 Å². The molecule has 3 heterocycles. The highest BCUT2D eigenvalue weighted by Gasteiger charge is 2.24. The van der Waals surface area contributed by atoms with E-state index in [-0.39, 0.29) is 17.8 Å². The van der Waals surface area contributed by atoms with Gasteiger partial charge in [-0.1, -0.05) is 54.6 Å². The Morgan fingerprint density at radius 1 is 1.00 bits per heavy atom. The normalized spacial score (nSPS) is 15.3. The van der Waals surface area contributed by atoms with Crippen molar-refractivity contribution < 1.29 is 9.53 Å². The second-order valence-corrected chi connectivity index (χ2v) is 8.78. The van der Waals surface area contributed by atoms with Crippen molar-refractivity contribution in [2.75, 3.05) is 32.8 Å². The summed E-state index contributed by atoms with van der Waals surface area (Å²) in [5.74, 6) is 0.528. The number of thiophene rings is 1. The van der Waals surface area contributed by atoms with E-state index in [1.807, 2.05) is 78.2 Å². The summed E-state index contributed by atoms with van der Waals surface area (Å²) in [6.07, 6.45) is 0. The molecule has 0 aliphatic carbocycles. The Morgan fingerprint density at radius 2 is 1.73 bits per heavy atom. The minimum absolute atomic E-state index is 0.158. The van der Waals surface area contributed by atoms with Gasteiger partial charge in [-0.25, -0.2) is 9.67 Å². The molecule has 0 bridgehead atoms. The first-order chi connectivity index (χ1) is 16.3. The topological polar surface area (TPSA) is 72.3 Å². The predicted molar refractivity (Wildman–Crippen MR) is 129 cm³/mol. The Hall–Kier alpha value is -3.33. The summed E-state index contributed by atoms with van der Waals surface area (Å²) >= 11 is 1.57. The molecule has 0 spiro atoms. The van der Waals surface area contributed by atoms with Crippen LogP contribution in [0, 0.1) is 0 Å². The number of benzene rings is 2. The largest absolute Gasteiger partial charge is 0.379 e. The van der Waals surface area contributed by atoms with Gasteiger partial charge in [0.05, 0.1) is 29.8 Å². The molecule has 1 fully saturated rings. The highest BCUT2D eigenvalue weighted by molar-refractivity contribution is 7.13. The Balaban J connectivity index is 1.43. The van der Waals surface area contributed by atoms with Gasteiger partial charge in [0.25, 0.3) is 5.91 Å². The Labute approximate surface area is 196 Å². The molecule has 1 atom stereocenters. The van der Waals surface area contributed by atoms with Crippen LogP contribution >= 0.6 is 11.3 Å². The van der Waals surface area contributed by atoms with Crippen LogP contribution in [0.25, 0.3) is 16.4 Å². The number of aromatic nitrogens is 3. The molecule has 8 heteroatoms. The van der Waals surface area contributed by atoms with Crippen LogP contribution in [0.1, 0.15) is 22.2 Å². The molecule has 1 aliphatic heterocycles. The third-order valence-electron chi connectivity index (χ3n) is 5.60. The van der Waals surface area contributed by atoms with E-state index >= 15 is 0 Å². The van der Waals surface area contributed by atoms with Crippen LogP contribution in [0.2, 0.25) is 0 Å². The molecule has 1 aliphatic rings. The molecule has 2 aromatic carbocycles. The van der Waals surface area contributed by atoms with E-state index in [0.717, 1.165) is 29.2 Å². The molecule has 1 amide bonds. The van der Waals surface area contributed by atoms with Crippen molar-refractivity contribution in [3.05, 3.63) is 89.6 Å². The van der Waals surface area contributed by atoms with Crippen molar-refractivity contribution in [1.82, 2.24) is 25.0 Å². The molecular formula is C25H25N5O2S. The van der Waals surface area contributed by atoms with Crippen molar-refractivity contribution >= 4 is 17.2 Å². The lowest BCUT2D eigenvalue weighted by molar-refractivity contribution is 0.0332. The third kappa shape index (κ3) is 5.03. The maximum absolute atomic E-state index is 13.3. The van der Waals surface area contributed by atoms with E-state index in [1.54, 1.807) is 16.0 Å². The zero-order valence-electron chi connectivity index (χ0n) is 18.1. The van der Waals surface area contributed by atoms with E-state index in [2.05, 4.69) is 20.3 Å². The zero-order chi connectivity index (χ0) is 22.5. The van der Waals surface area contributed by atoms with Gasteiger partial charge >= 0.3 is 0 Å². The quantitative estimate of drug-likeness (QED) is 0.455. The summed E-state index contributed by atoms with van der Waals surface area (Å²) in [5, 5.41) is 9.77. The number of nitrogens with one attached hydrogen (secondary N) is 1. The van der Waals surface area contributed by atoms with Gasteiger partial charge in [-0.2, -0.15) is 0 Å². The van der Waals surface area contributed by atoms with Crippen molar-refractivity contribution in [3.63, 3.8) is 0 Å². The molecule has 0 radical (unpaired) electrons. The summed E-state index contributed by atoms with van der Waals surface area (Å²) < 4.78 is 7.22. The molecule has 33 heavy (non-hydrogen) atoms. The third-order valence-corrected chi connectivity index (χ3v) is 6.47. The van der Waals surface area contributed by atoms with Gasteiger partial charge < -0.3 is 10.1 Å². The molecule has 1 N–H and O–H groups in total. The molecule has 0 saturated carbocycles. The number of morpholine rings is 1. The zero-order valence-corrected chi connectivity index (χ0v) is 18.9. The number of para-hydroxylation sites is 1. The number of carbonyl (C=O) groups is 1. The second kappa shape index (κ2) is 10.1. The summed E-state index contributed by atoms with van der Waals surface area (Å²) in [7, 11) is 0. The number of hydrogen-bond acceptors (Lipinski definition) is 6. The first kappa shape index (κ1) is 21.5. The number of hydrogen-bond donors (Lipinski definition) is 1. The number of carbonyl (C=O) groups excluding carboxylic acids is 1. The van der Waals surface area contributed by atoms with Crippen molar-refractivity contribution in [1.29, 1.82) is 0 Å². The summed E-state index contributed by atoms with van der Waals surface area (Å²) in [4.78, 5) is 21.3. The molecular weight excluding hydrogens is 434 g/mol. The highest BCUT2D eigenvalue weighted by atomic mass is 32.1. The minimum Gasteiger partial charge on any atom is -0.379 e. The SMILES string of the molecule is O=C(NC(CN1CCOCC1)c1ccccc1)c1nc(-c2cccs2)n(-c2ccccc2)n1. The monoisotopic (exact) mass is 459 g/mol. The standard InChI is InChI=1S/C25H25N5O2S/c31-25(26-21(19-8-3-1-4-9-19)18-29-13-15-32-16-14-29)23-27-24(22-12-7-17-33-22)30(28-23)20-10-5-2-6-11-20/h1-12,17,21H,13-16,18H2,(H,26,31). The van der Waals surface area contributed by atoms with E-state index in [0.29, 0.717) is 25.6 Å². The highest BCUT2D eigenvalue weighted by Crippen LogP contribution is 2.26. The fourth-order valence-electron chi connectivity index (χ4n) is 3.91. The predicted octanol–water partition coefficient (Wildman–Crippen LogP) is 3.80. The van der Waals surface area contributed by atoms with Crippen molar-refractivity contribution in [2.24, 2.45) is 0 Å². The fourth-order valence-corrected chi connectivity index (χ4v) is 4.61. The Morgan fingerprint density at radius 3 is 2.42 bits per heavy atom. The van der Waals surface area contributed by atoms with Crippen LogP contribution in [-0.4, -0.2) is 58.4 Å². The molecule has 7 nitrogen and oxygen atoms in total. The number of rotatable bonds is 7. The minimum atomic E-state index is -0.287. The first-order valence-electron chi connectivity index (χ1n) is 11.0. The molecule has 4 aromatic rings. The van der Waals surface area contributed by atoms with Crippen LogP contribution in [-0.2, 0) is 4.74 Å². The maximum Gasteiger partial charge on any atom is 0.291 e. The first-order valence-corrected chi connectivity index (χ1v) is 11.9. The van der Waals surface area contributed by atoms with E-state index in [9.17, 15) is 4.79 Å².